The Labute approximate surface area is 101 Å². The molecule has 3 rings (SSSR count). The van der Waals surface area contributed by atoms with Crippen LogP contribution >= 0.6 is 0 Å². The molecule has 0 bridgehead atoms. The molecular formula is C14H15N3. The van der Waals surface area contributed by atoms with E-state index >= 15 is 0 Å². The molecule has 2 atom stereocenters. The van der Waals surface area contributed by atoms with Gasteiger partial charge in [0.15, 0.2) is 0 Å². The quantitative estimate of drug-likeness (QED) is 0.689. The third-order valence-corrected chi connectivity index (χ3v) is 3.82. The molecule has 0 amide bonds. The molecule has 1 aliphatic heterocycles. The molecule has 0 N–H and O–H groups in total. The number of nitriles is 1. The van der Waals surface area contributed by atoms with Crippen molar-refractivity contribution in [2.75, 3.05) is 18.0 Å². The van der Waals surface area contributed by atoms with Crippen molar-refractivity contribution in [3.63, 3.8) is 0 Å². The third kappa shape index (κ3) is 1.91. The van der Waals surface area contributed by atoms with Crippen LogP contribution in [0, 0.1) is 23.2 Å². The van der Waals surface area contributed by atoms with Crippen LogP contribution < -0.4 is 4.90 Å². The highest BCUT2D eigenvalue weighted by Gasteiger charge is 2.33. The standard InChI is InChI=1S/C14H15N3/c15-7-11-5-6-14(16-8-11)17-9-12-3-1-2-4-13(12)10-17/h1-2,5-6,8,12-13H,3-4,9-10H2. The maximum absolute atomic E-state index is 8.75. The summed E-state index contributed by atoms with van der Waals surface area (Å²) in [5.74, 6) is 2.59. The Morgan fingerprint density at radius 1 is 1.18 bits per heavy atom. The van der Waals surface area contributed by atoms with Crippen LogP contribution in [-0.2, 0) is 0 Å². The molecule has 2 aliphatic rings. The maximum Gasteiger partial charge on any atom is 0.128 e. The summed E-state index contributed by atoms with van der Waals surface area (Å²) in [5, 5.41) is 8.75. The average Bonchev–Trinajstić information content (AvgIpc) is 2.82. The van der Waals surface area contributed by atoms with E-state index in [1.165, 1.54) is 12.8 Å². The fraction of sp³-hybridized carbons (Fsp3) is 0.429. The lowest BCUT2D eigenvalue weighted by molar-refractivity contribution is 0.411. The van der Waals surface area contributed by atoms with Crippen LogP contribution in [0.3, 0.4) is 0 Å². The Morgan fingerprint density at radius 3 is 2.41 bits per heavy atom. The van der Waals surface area contributed by atoms with Crippen molar-refractivity contribution in [1.29, 1.82) is 5.26 Å². The zero-order valence-corrected chi connectivity index (χ0v) is 9.71. The van der Waals surface area contributed by atoms with Gasteiger partial charge in [0.2, 0.25) is 0 Å². The van der Waals surface area contributed by atoms with Gasteiger partial charge in [0, 0.05) is 19.3 Å². The molecule has 2 heterocycles. The number of allylic oxidation sites excluding steroid dienone is 2. The predicted molar refractivity (Wildman–Crippen MR) is 66.5 cm³/mol. The van der Waals surface area contributed by atoms with Crippen molar-refractivity contribution in [3.05, 3.63) is 36.0 Å². The van der Waals surface area contributed by atoms with Gasteiger partial charge in [-0.3, -0.25) is 0 Å². The SMILES string of the molecule is N#Cc1ccc(N2CC3CC=CCC3C2)nc1. The van der Waals surface area contributed by atoms with Gasteiger partial charge in [-0.1, -0.05) is 12.2 Å². The second-order valence-electron chi connectivity index (χ2n) is 4.88. The first-order valence-corrected chi connectivity index (χ1v) is 6.13. The monoisotopic (exact) mass is 225 g/mol. The fourth-order valence-corrected chi connectivity index (χ4v) is 2.84. The van der Waals surface area contributed by atoms with Crippen LogP contribution in [0.5, 0.6) is 0 Å². The number of hydrogen-bond acceptors (Lipinski definition) is 3. The van der Waals surface area contributed by atoms with E-state index in [9.17, 15) is 0 Å². The number of hydrogen-bond donors (Lipinski definition) is 0. The highest BCUT2D eigenvalue weighted by atomic mass is 15.2. The van der Waals surface area contributed by atoms with Gasteiger partial charge < -0.3 is 4.90 Å². The van der Waals surface area contributed by atoms with Crippen molar-refractivity contribution in [3.8, 4) is 6.07 Å². The van der Waals surface area contributed by atoms with E-state index in [2.05, 4.69) is 28.1 Å². The van der Waals surface area contributed by atoms with Crippen LogP contribution in [0.2, 0.25) is 0 Å². The molecule has 0 spiro atoms. The van der Waals surface area contributed by atoms with Gasteiger partial charge in [0.25, 0.3) is 0 Å². The van der Waals surface area contributed by atoms with Gasteiger partial charge in [0.05, 0.1) is 5.56 Å². The summed E-state index contributed by atoms with van der Waals surface area (Å²) >= 11 is 0. The Balaban J connectivity index is 1.76. The lowest BCUT2D eigenvalue weighted by Gasteiger charge is -2.17. The number of rotatable bonds is 1. The van der Waals surface area contributed by atoms with Crippen LogP contribution in [0.1, 0.15) is 18.4 Å². The summed E-state index contributed by atoms with van der Waals surface area (Å²) in [4.78, 5) is 6.72. The molecule has 0 saturated carbocycles. The Kier molecular flexibility index (Phi) is 2.56. The molecule has 86 valence electrons. The van der Waals surface area contributed by atoms with Crippen molar-refractivity contribution in [2.45, 2.75) is 12.8 Å². The number of pyridine rings is 1. The summed E-state index contributed by atoms with van der Waals surface area (Å²) in [6, 6.07) is 5.92. The number of fused-ring (bicyclic) bond motifs is 1. The van der Waals surface area contributed by atoms with Crippen molar-refractivity contribution < 1.29 is 0 Å². The molecular weight excluding hydrogens is 210 g/mol. The van der Waals surface area contributed by atoms with Crippen LogP contribution in [0.25, 0.3) is 0 Å². The molecule has 2 unspecified atom stereocenters. The highest BCUT2D eigenvalue weighted by molar-refractivity contribution is 5.43. The molecule has 17 heavy (non-hydrogen) atoms. The number of aromatic nitrogens is 1. The van der Waals surface area contributed by atoms with Gasteiger partial charge in [0.1, 0.15) is 11.9 Å². The van der Waals surface area contributed by atoms with Crippen molar-refractivity contribution in [2.24, 2.45) is 11.8 Å². The minimum atomic E-state index is 0.632. The molecule has 3 heteroatoms. The minimum absolute atomic E-state index is 0.632. The summed E-state index contributed by atoms with van der Waals surface area (Å²) in [7, 11) is 0. The predicted octanol–water partition coefficient (Wildman–Crippen LogP) is 2.36. The Bertz CT molecular complexity index is 453. The molecule has 0 aromatic carbocycles. The molecule has 0 radical (unpaired) electrons. The summed E-state index contributed by atoms with van der Waals surface area (Å²) < 4.78 is 0. The zero-order chi connectivity index (χ0) is 11.7. The lowest BCUT2D eigenvalue weighted by Crippen LogP contribution is -2.20. The van der Waals surface area contributed by atoms with Gasteiger partial charge in [-0.2, -0.15) is 5.26 Å². The third-order valence-electron chi connectivity index (χ3n) is 3.82. The zero-order valence-electron chi connectivity index (χ0n) is 9.71. The molecule has 1 aromatic rings. The van der Waals surface area contributed by atoms with E-state index in [0.717, 1.165) is 30.7 Å². The van der Waals surface area contributed by atoms with E-state index < -0.39 is 0 Å². The average molecular weight is 225 g/mol. The number of anilines is 1. The lowest BCUT2D eigenvalue weighted by atomic mass is 9.86. The summed E-state index contributed by atoms with van der Waals surface area (Å²) in [5.41, 5.74) is 0.632. The van der Waals surface area contributed by atoms with E-state index in [1.807, 2.05) is 12.1 Å². The van der Waals surface area contributed by atoms with E-state index in [1.54, 1.807) is 6.20 Å². The normalized spacial score (nSPS) is 26.6. The van der Waals surface area contributed by atoms with Crippen LogP contribution in [-0.4, -0.2) is 18.1 Å². The van der Waals surface area contributed by atoms with Crippen molar-refractivity contribution in [1.82, 2.24) is 4.98 Å². The Hall–Kier alpha value is -1.82. The minimum Gasteiger partial charge on any atom is -0.356 e. The van der Waals surface area contributed by atoms with E-state index in [0.29, 0.717) is 5.56 Å². The largest absolute Gasteiger partial charge is 0.356 e. The fourth-order valence-electron chi connectivity index (χ4n) is 2.84. The molecule has 1 aliphatic carbocycles. The molecule has 1 aromatic heterocycles. The summed E-state index contributed by atoms with van der Waals surface area (Å²) in [6.07, 6.45) is 8.68. The van der Waals surface area contributed by atoms with Gasteiger partial charge >= 0.3 is 0 Å². The molecule has 3 nitrogen and oxygen atoms in total. The van der Waals surface area contributed by atoms with Crippen molar-refractivity contribution >= 4 is 5.82 Å². The molecule has 1 fully saturated rings. The van der Waals surface area contributed by atoms with E-state index in [-0.39, 0.29) is 0 Å². The maximum atomic E-state index is 8.75. The first-order valence-electron chi connectivity index (χ1n) is 6.13. The first kappa shape index (κ1) is 10.3. The van der Waals surface area contributed by atoms with Gasteiger partial charge in [-0.15, -0.1) is 0 Å². The van der Waals surface area contributed by atoms with Crippen LogP contribution in [0.15, 0.2) is 30.5 Å². The smallest absolute Gasteiger partial charge is 0.128 e. The van der Waals surface area contributed by atoms with Gasteiger partial charge in [-0.05, 0) is 36.8 Å². The topological polar surface area (TPSA) is 39.9 Å². The number of nitrogens with zero attached hydrogens (tertiary/aromatic N) is 3. The van der Waals surface area contributed by atoms with Crippen LogP contribution in [0.4, 0.5) is 5.82 Å². The van der Waals surface area contributed by atoms with E-state index in [4.69, 9.17) is 5.26 Å². The van der Waals surface area contributed by atoms with Gasteiger partial charge in [-0.25, -0.2) is 4.98 Å². The highest BCUT2D eigenvalue weighted by Crippen LogP contribution is 2.34. The summed E-state index contributed by atoms with van der Waals surface area (Å²) in [6.45, 7) is 2.21. The Morgan fingerprint density at radius 2 is 1.88 bits per heavy atom. The molecule has 1 saturated heterocycles. The second kappa shape index (κ2) is 4.21. The first-order chi connectivity index (χ1) is 8.36. The second-order valence-corrected chi connectivity index (χ2v) is 4.88.